The minimum Gasteiger partial charge on any atom is -0.356 e. The number of thiophene rings is 1. The van der Waals surface area contributed by atoms with Gasteiger partial charge in [-0.2, -0.15) is 9.40 Å². The molecule has 3 aliphatic heterocycles. The van der Waals surface area contributed by atoms with Crippen LogP contribution in [0.2, 0.25) is 0 Å². The molecule has 0 amide bonds. The zero-order valence-corrected chi connectivity index (χ0v) is 25.9. The number of benzene rings is 1. The van der Waals surface area contributed by atoms with E-state index >= 15 is 0 Å². The number of fused-ring (bicyclic) bond motifs is 2. The Bertz CT molecular complexity index is 1700. The van der Waals surface area contributed by atoms with E-state index in [4.69, 9.17) is 19.8 Å². The summed E-state index contributed by atoms with van der Waals surface area (Å²) in [7, 11) is -3.17. The number of piperazine rings is 2. The van der Waals surface area contributed by atoms with Crippen LogP contribution in [0.15, 0.2) is 24.4 Å². The summed E-state index contributed by atoms with van der Waals surface area (Å²) in [5.74, 6) is 0.764. The van der Waals surface area contributed by atoms with Crippen LogP contribution in [-0.4, -0.2) is 103 Å². The SMILES string of the molecule is Cc1sc2c(-c3cccc4c3cnn4C3CCCCO3)nc(N3CCNCC3)nc2c1CN1CCN(S(C)(=O)=O)CC1. The number of aromatic nitrogens is 4. The Morgan fingerprint density at radius 3 is 2.62 bits per heavy atom. The molecule has 0 saturated carbocycles. The van der Waals surface area contributed by atoms with Crippen molar-refractivity contribution in [2.45, 2.75) is 39.0 Å². The van der Waals surface area contributed by atoms with Gasteiger partial charge in [-0.1, -0.05) is 12.1 Å². The van der Waals surface area contributed by atoms with Crippen molar-refractivity contribution in [1.82, 2.24) is 34.3 Å². The van der Waals surface area contributed by atoms with Crippen molar-refractivity contribution < 1.29 is 13.2 Å². The Kier molecular flexibility index (Phi) is 7.65. The molecule has 3 saturated heterocycles. The molecule has 0 aliphatic carbocycles. The summed E-state index contributed by atoms with van der Waals surface area (Å²) >= 11 is 1.75. The molecule has 1 atom stereocenters. The summed E-state index contributed by atoms with van der Waals surface area (Å²) in [6.07, 6.45) is 6.44. The van der Waals surface area contributed by atoms with Crippen LogP contribution in [0.3, 0.4) is 0 Å². The van der Waals surface area contributed by atoms with Crippen molar-refractivity contribution in [1.29, 1.82) is 0 Å². The highest BCUT2D eigenvalue weighted by Crippen LogP contribution is 2.41. The molecule has 1 aromatic carbocycles. The van der Waals surface area contributed by atoms with Gasteiger partial charge in [-0.3, -0.25) is 4.90 Å². The monoisotopic (exact) mass is 610 g/mol. The van der Waals surface area contributed by atoms with E-state index in [0.29, 0.717) is 26.2 Å². The van der Waals surface area contributed by atoms with Gasteiger partial charge in [0.2, 0.25) is 16.0 Å². The smallest absolute Gasteiger partial charge is 0.226 e. The molecular formula is C29H38N8O3S2. The van der Waals surface area contributed by atoms with Crippen LogP contribution in [0.4, 0.5) is 5.95 Å². The van der Waals surface area contributed by atoms with Gasteiger partial charge in [0.25, 0.3) is 0 Å². The third kappa shape index (κ3) is 5.31. The molecule has 3 aliphatic rings. The van der Waals surface area contributed by atoms with Crippen molar-refractivity contribution in [3.8, 4) is 11.3 Å². The van der Waals surface area contributed by atoms with Gasteiger partial charge in [-0.15, -0.1) is 11.3 Å². The van der Waals surface area contributed by atoms with Crippen molar-refractivity contribution >= 4 is 48.4 Å². The maximum absolute atomic E-state index is 12.1. The molecule has 0 spiro atoms. The Labute approximate surface area is 250 Å². The highest BCUT2D eigenvalue weighted by atomic mass is 32.2. The topological polar surface area (TPSA) is 109 Å². The zero-order valence-electron chi connectivity index (χ0n) is 24.3. The van der Waals surface area contributed by atoms with E-state index in [-0.39, 0.29) is 6.23 Å². The first-order chi connectivity index (χ1) is 20.4. The summed E-state index contributed by atoms with van der Waals surface area (Å²) in [5, 5.41) is 9.31. The van der Waals surface area contributed by atoms with E-state index in [1.165, 1.54) is 16.7 Å². The third-order valence-corrected chi connectivity index (χ3v) is 11.2. The summed E-state index contributed by atoms with van der Waals surface area (Å²) in [6.45, 7) is 9.64. The highest BCUT2D eigenvalue weighted by molar-refractivity contribution is 7.88. The Morgan fingerprint density at radius 2 is 1.88 bits per heavy atom. The van der Waals surface area contributed by atoms with E-state index in [0.717, 1.165) is 96.9 Å². The second kappa shape index (κ2) is 11.4. The van der Waals surface area contributed by atoms with Gasteiger partial charge in [0.15, 0.2) is 6.23 Å². The summed E-state index contributed by atoms with van der Waals surface area (Å²) < 4.78 is 34.9. The quantitative estimate of drug-likeness (QED) is 0.352. The molecule has 11 nitrogen and oxygen atoms in total. The lowest BCUT2D eigenvalue weighted by molar-refractivity contribution is -0.0366. The molecule has 6 heterocycles. The van der Waals surface area contributed by atoms with E-state index in [1.807, 2.05) is 10.9 Å². The van der Waals surface area contributed by atoms with Gasteiger partial charge in [0.05, 0.1) is 33.9 Å². The van der Waals surface area contributed by atoms with Crippen LogP contribution in [0.25, 0.3) is 32.4 Å². The fourth-order valence-electron chi connectivity index (χ4n) is 6.36. The van der Waals surface area contributed by atoms with Gasteiger partial charge in [0, 0.05) is 86.9 Å². The molecule has 42 heavy (non-hydrogen) atoms. The second-order valence-electron chi connectivity index (χ2n) is 11.5. The average Bonchev–Trinajstić information content (AvgIpc) is 3.58. The van der Waals surface area contributed by atoms with Gasteiger partial charge < -0.3 is 15.0 Å². The Balaban J connectivity index is 1.31. The number of hydrogen-bond acceptors (Lipinski definition) is 10. The minimum absolute atomic E-state index is 0.0351. The summed E-state index contributed by atoms with van der Waals surface area (Å²) in [5.41, 5.74) is 5.28. The summed E-state index contributed by atoms with van der Waals surface area (Å²) in [4.78, 5) is 16.3. The number of aryl methyl sites for hydroxylation is 1. The second-order valence-corrected chi connectivity index (χ2v) is 14.7. The number of ether oxygens (including phenoxy) is 1. The Hall–Kier alpha value is -2.68. The van der Waals surface area contributed by atoms with Gasteiger partial charge in [-0.25, -0.2) is 23.1 Å². The van der Waals surface area contributed by atoms with Crippen LogP contribution in [-0.2, 0) is 21.3 Å². The molecule has 0 bridgehead atoms. The lowest BCUT2D eigenvalue weighted by atomic mass is 10.1. The van der Waals surface area contributed by atoms with E-state index < -0.39 is 10.0 Å². The van der Waals surface area contributed by atoms with E-state index in [1.54, 1.807) is 15.6 Å². The highest BCUT2D eigenvalue weighted by Gasteiger charge is 2.27. The molecule has 4 aromatic rings. The van der Waals surface area contributed by atoms with Crippen LogP contribution in [0.1, 0.15) is 35.9 Å². The molecule has 13 heteroatoms. The average molecular weight is 611 g/mol. The van der Waals surface area contributed by atoms with E-state index in [9.17, 15) is 8.42 Å². The maximum atomic E-state index is 12.1. The molecular weight excluding hydrogens is 573 g/mol. The maximum Gasteiger partial charge on any atom is 0.226 e. The van der Waals surface area contributed by atoms with Crippen LogP contribution in [0, 0.1) is 6.92 Å². The molecule has 7 rings (SSSR count). The number of nitrogens with one attached hydrogen (secondary N) is 1. The zero-order chi connectivity index (χ0) is 28.8. The van der Waals surface area contributed by atoms with E-state index in [2.05, 4.69) is 40.2 Å². The summed E-state index contributed by atoms with van der Waals surface area (Å²) in [6, 6.07) is 6.37. The fraction of sp³-hybridized carbons (Fsp3) is 0.552. The Morgan fingerprint density at radius 1 is 1.07 bits per heavy atom. The number of rotatable bonds is 6. The predicted molar refractivity (Wildman–Crippen MR) is 166 cm³/mol. The van der Waals surface area contributed by atoms with Gasteiger partial charge in [0.1, 0.15) is 0 Å². The van der Waals surface area contributed by atoms with Crippen LogP contribution in [0.5, 0.6) is 0 Å². The first-order valence-corrected chi connectivity index (χ1v) is 17.5. The first-order valence-electron chi connectivity index (χ1n) is 14.9. The number of hydrogen-bond donors (Lipinski definition) is 1. The largest absolute Gasteiger partial charge is 0.356 e. The fourth-order valence-corrected chi connectivity index (χ4v) is 8.30. The lowest BCUT2D eigenvalue weighted by Gasteiger charge is -2.33. The first kappa shape index (κ1) is 28.1. The number of sulfonamides is 1. The van der Waals surface area contributed by atoms with Gasteiger partial charge in [-0.05, 0) is 32.3 Å². The minimum atomic E-state index is -3.17. The van der Waals surface area contributed by atoms with Crippen molar-refractivity contribution in [3.63, 3.8) is 0 Å². The number of nitrogens with zero attached hydrogens (tertiary/aromatic N) is 7. The molecule has 224 valence electrons. The molecule has 0 radical (unpaired) electrons. The van der Waals surface area contributed by atoms with Gasteiger partial charge >= 0.3 is 0 Å². The normalized spacial score (nSPS) is 21.5. The predicted octanol–water partition coefficient (Wildman–Crippen LogP) is 3.20. The van der Waals surface area contributed by atoms with Crippen molar-refractivity contribution in [2.24, 2.45) is 0 Å². The van der Waals surface area contributed by atoms with Crippen LogP contribution < -0.4 is 10.2 Å². The van der Waals surface area contributed by atoms with Crippen molar-refractivity contribution in [2.75, 3.05) is 70.1 Å². The van der Waals surface area contributed by atoms with Crippen LogP contribution >= 0.6 is 11.3 Å². The third-order valence-electron chi connectivity index (χ3n) is 8.73. The molecule has 3 aromatic heterocycles. The molecule has 1 N–H and O–H groups in total. The standard InChI is InChI=1S/C29H38N8O3S2/c1-20-23(19-34-13-15-36(16-14-34)42(2,38)39)27-28(41-20)26(32-29(33-27)35-11-9-30-10-12-35)21-6-5-7-24-22(21)18-31-37(24)25-8-3-4-17-40-25/h5-7,18,25,30H,3-4,8-17,19H2,1-2H3. The molecule has 1 unspecified atom stereocenters. The molecule has 3 fully saturated rings. The van der Waals surface area contributed by atoms with Crippen molar-refractivity contribution in [3.05, 3.63) is 34.8 Å². The lowest BCUT2D eigenvalue weighted by Crippen LogP contribution is -2.47. The number of anilines is 1.